The van der Waals surface area contributed by atoms with Crippen molar-refractivity contribution in [2.45, 2.75) is 0 Å². The molecule has 0 spiro atoms. The Bertz CT molecular complexity index is 4290. The average Bonchev–Trinajstić information content (AvgIpc) is 4.11. The highest BCUT2D eigenvalue weighted by atomic mass is 16.3. The molecule has 0 amide bonds. The van der Waals surface area contributed by atoms with E-state index in [1.807, 2.05) is 54.6 Å². The number of furan rings is 2. The first kappa shape index (κ1) is 38.8. The van der Waals surface area contributed by atoms with Crippen LogP contribution in [0.4, 0.5) is 0 Å². The van der Waals surface area contributed by atoms with Crippen LogP contribution in [0.5, 0.6) is 0 Å². The van der Waals surface area contributed by atoms with E-state index in [9.17, 15) is 0 Å². The molecule has 0 aliphatic heterocycles. The summed E-state index contributed by atoms with van der Waals surface area (Å²) in [5, 5.41) is 6.40. The second-order valence-corrected chi connectivity index (χ2v) is 17.5. The molecular weight excluding hydrogens is 845 g/mol. The highest BCUT2D eigenvalue weighted by molar-refractivity contribution is 6.19. The first-order chi connectivity index (χ1) is 34.2. The van der Waals surface area contributed by atoms with Crippen molar-refractivity contribution >= 4 is 65.7 Å². The lowest BCUT2D eigenvalue weighted by Gasteiger charge is -2.16. The maximum Gasteiger partial charge on any atom is 0.167 e. The molecule has 0 fully saturated rings. The van der Waals surface area contributed by atoms with Gasteiger partial charge in [0, 0.05) is 49.2 Å². The molecule has 322 valence electrons. The minimum atomic E-state index is 0.532. The normalized spacial score (nSPS) is 11.8. The van der Waals surface area contributed by atoms with Crippen molar-refractivity contribution in [1.29, 1.82) is 0 Å². The Hall–Kier alpha value is -9.39. The molecule has 4 aromatic heterocycles. The lowest BCUT2D eigenvalue weighted by atomic mass is 9.97. The second-order valence-electron chi connectivity index (χ2n) is 17.5. The lowest BCUT2D eigenvalue weighted by Crippen LogP contribution is -2.00. The van der Waals surface area contributed by atoms with E-state index >= 15 is 0 Å². The van der Waals surface area contributed by atoms with Crippen LogP contribution in [0.2, 0.25) is 0 Å². The third-order valence-corrected chi connectivity index (χ3v) is 13.5. The number of nitrogens with zero attached hydrogens (tertiary/aromatic N) is 4. The Morgan fingerprint density at radius 1 is 0.290 bits per heavy atom. The van der Waals surface area contributed by atoms with Crippen molar-refractivity contribution in [1.82, 2.24) is 19.5 Å². The molecule has 0 atom stereocenters. The van der Waals surface area contributed by atoms with Crippen molar-refractivity contribution in [3.8, 4) is 73.2 Å². The van der Waals surface area contributed by atoms with Crippen LogP contribution in [-0.2, 0) is 0 Å². The van der Waals surface area contributed by atoms with Gasteiger partial charge in [-0.25, -0.2) is 15.0 Å². The van der Waals surface area contributed by atoms with E-state index in [0.717, 1.165) is 94.0 Å². The molecule has 0 saturated carbocycles. The number of rotatable bonds is 7. The van der Waals surface area contributed by atoms with E-state index in [1.165, 1.54) is 21.9 Å². The van der Waals surface area contributed by atoms with E-state index in [-0.39, 0.29) is 0 Å². The van der Waals surface area contributed by atoms with Gasteiger partial charge in [-0.3, -0.25) is 0 Å². The Morgan fingerprint density at radius 3 is 1.52 bits per heavy atom. The number of fused-ring (bicyclic) bond motifs is 9. The van der Waals surface area contributed by atoms with Gasteiger partial charge in [-0.15, -0.1) is 0 Å². The number of benzene rings is 10. The minimum absolute atomic E-state index is 0.532. The van der Waals surface area contributed by atoms with Crippen LogP contribution in [-0.4, -0.2) is 19.5 Å². The smallest absolute Gasteiger partial charge is 0.167 e. The van der Waals surface area contributed by atoms with E-state index in [2.05, 4.69) is 180 Å². The molecule has 14 rings (SSSR count). The third-order valence-electron chi connectivity index (χ3n) is 13.5. The van der Waals surface area contributed by atoms with Gasteiger partial charge in [0.25, 0.3) is 0 Å². The molecule has 4 heterocycles. The SMILES string of the molecule is c1ccc(-c2ccc(-c3nc(-c4ccccc4)nc(-c4cccc5c4oc4c(-c6ccc7oc8ccccc8c7c6-n6c7ccccc7c7cc(-c8ccccc8)ccc76)cccc45)n3)cc2)cc1. The van der Waals surface area contributed by atoms with E-state index < -0.39 is 0 Å². The van der Waals surface area contributed by atoms with Crippen molar-refractivity contribution < 1.29 is 8.83 Å². The highest BCUT2D eigenvalue weighted by Gasteiger charge is 2.25. The van der Waals surface area contributed by atoms with Gasteiger partial charge in [0.2, 0.25) is 0 Å². The van der Waals surface area contributed by atoms with E-state index in [0.29, 0.717) is 23.1 Å². The molecule has 0 aliphatic carbocycles. The predicted octanol–water partition coefficient (Wildman–Crippen LogP) is 16.8. The Balaban J connectivity index is 0.998. The Kier molecular flexibility index (Phi) is 8.79. The first-order valence-electron chi connectivity index (χ1n) is 23.2. The number of aromatic nitrogens is 4. The quantitative estimate of drug-likeness (QED) is 0.159. The molecule has 69 heavy (non-hydrogen) atoms. The summed E-state index contributed by atoms with van der Waals surface area (Å²) >= 11 is 0. The van der Waals surface area contributed by atoms with Crippen molar-refractivity contribution in [3.63, 3.8) is 0 Å². The van der Waals surface area contributed by atoms with Crippen molar-refractivity contribution in [2.24, 2.45) is 0 Å². The third kappa shape index (κ3) is 6.30. The fraction of sp³-hybridized carbons (Fsp3) is 0. The summed E-state index contributed by atoms with van der Waals surface area (Å²) in [6.45, 7) is 0. The van der Waals surface area contributed by atoms with Gasteiger partial charge in [-0.2, -0.15) is 0 Å². The van der Waals surface area contributed by atoms with Crippen LogP contribution < -0.4 is 0 Å². The first-order valence-corrected chi connectivity index (χ1v) is 23.2. The van der Waals surface area contributed by atoms with Gasteiger partial charge in [0.1, 0.15) is 22.3 Å². The van der Waals surface area contributed by atoms with Gasteiger partial charge in [-0.05, 0) is 64.7 Å². The topological polar surface area (TPSA) is 69.9 Å². The average molecular weight is 883 g/mol. The largest absolute Gasteiger partial charge is 0.456 e. The second kappa shape index (κ2) is 15.6. The molecule has 6 nitrogen and oxygen atoms in total. The molecule has 0 bridgehead atoms. The molecule has 0 unspecified atom stereocenters. The van der Waals surface area contributed by atoms with Crippen molar-refractivity contribution in [3.05, 3.63) is 231 Å². The summed E-state index contributed by atoms with van der Waals surface area (Å²) in [7, 11) is 0. The Labute approximate surface area is 396 Å². The molecular formula is C63H38N4O2. The molecule has 6 heteroatoms. The zero-order valence-electron chi connectivity index (χ0n) is 37.0. The summed E-state index contributed by atoms with van der Waals surface area (Å²) in [6.07, 6.45) is 0. The summed E-state index contributed by atoms with van der Waals surface area (Å²) in [5.41, 5.74) is 15.5. The standard InChI is InChI=1S/C63H38N4O2/c1-4-16-39(17-5-1)41-30-32-43(33-31-41)62-64-61(42-20-8-3-9-21-42)65-63(66-62)51-27-15-26-49-48-25-14-24-47(59(48)69-60(49)51)46-35-37-56-57(50-23-11-13-29-55(50)68-56)58(46)67-53-28-12-10-22-45(53)52-38-44(34-36-54(52)67)40-18-6-2-7-19-40/h1-38H. The maximum absolute atomic E-state index is 7.24. The molecule has 0 aliphatic rings. The zero-order valence-corrected chi connectivity index (χ0v) is 37.0. The lowest BCUT2D eigenvalue weighted by molar-refractivity contribution is 0.668. The van der Waals surface area contributed by atoms with Gasteiger partial charge >= 0.3 is 0 Å². The van der Waals surface area contributed by atoms with Crippen LogP contribution in [0, 0.1) is 0 Å². The molecule has 10 aromatic carbocycles. The Morgan fingerprint density at radius 2 is 0.797 bits per heavy atom. The van der Waals surface area contributed by atoms with Gasteiger partial charge in [-0.1, -0.05) is 188 Å². The van der Waals surface area contributed by atoms with Crippen LogP contribution in [0.25, 0.3) is 139 Å². The van der Waals surface area contributed by atoms with Gasteiger partial charge in [0.05, 0.1) is 27.7 Å². The number of hydrogen-bond donors (Lipinski definition) is 0. The molecule has 0 N–H and O–H groups in total. The minimum Gasteiger partial charge on any atom is -0.456 e. The van der Waals surface area contributed by atoms with E-state index in [1.54, 1.807) is 0 Å². The van der Waals surface area contributed by atoms with Gasteiger partial charge in [0.15, 0.2) is 17.5 Å². The maximum atomic E-state index is 7.24. The van der Waals surface area contributed by atoms with Crippen LogP contribution in [0.3, 0.4) is 0 Å². The predicted molar refractivity (Wildman–Crippen MR) is 281 cm³/mol. The number of hydrogen-bond acceptors (Lipinski definition) is 5. The monoisotopic (exact) mass is 882 g/mol. The van der Waals surface area contributed by atoms with Crippen molar-refractivity contribution in [2.75, 3.05) is 0 Å². The summed E-state index contributed by atoms with van der Waals surface area (Å²) < 4.78 is 16.3. The van der Waals surface area contributed by atoms with Crippen LogP contribution in [0.1, 0.15) is 0 Å². The summed E-state index contributed by atoms with van der Waals surface area (Å²) in [5.74, 6) is 1.70. The summed E-state index contributed by atoms with van der Waals surface area (Å²) in [4.78, 5) is 15.4. The zero-order chi connectivity index (χ0) is 45.4. The number of para-hydroxylation sites is 4. The molecule has 14 aromatic rings. The van der Waals surface area contributed by atoms with Crippen LogP contribution >= 0.6 is 0 Å². The molecule has 0 radical (unpaired) electrons. The van der Waals surface area contributed by atoms with Gasteiger partial charge < -0.3 is 13.4 Å². The summed E-state index contributed by atoms with van der Waals surface area (Å²) in [6, 6.07) is 80.3. The van der Waals surface area contributed by atoms with E-state index in [4.69, 9.17) is 23.8 Å². The van der Waals surface area contributed by atoms with Crippen LogP contribution in [0.15, 0.2) is 239 Å². The highest BCUT2D eigenvalue weighted by Crippen LogP contribution is 2.47. The fourth-order valence-corrected chi connectivity index (χ4v) is 10.3. The molecule has 0 saturated heterocycles. The fourth-order valence-electron chi connectivity index (χ4n) is 10.3.